The van der Waals surface area contributed by atoms with Crippen molar-refractivity contribution >= 4 is 12.0 Å². The van der Waals surface area contributed by atoms with E-state index in [0.29, 0.717) is 41.5 Å². The fourth-order valence-electron chi connectivity index (χ4n) is 2.72. The number of aryl methyl sites for hydroxylation is 1. The normalized spacial score (nSPS) is 10.3. The van der Waals surface area contributed by atoms with Crippen molar-refractivity contribution in [3.05, 3.63) is 46.9 Å². The molecule has 0 bridgehead atoms. The molecular formula is C20H26N2O6. The number of hydrogen-bond acceptors (Lipinski definition) is 6. The predicted octanol–water partition coefficient (Wildman–Crippen LogP) is 2.78. The zero-order valence-electron chi connectivity index (χ0n) is 16.8. The van der Waals surface area contributed by atoms with Gasteiger partial charge in [0, 0.05) is 13.6 Å². The van der Waals surface area contributed by atoms with E-state index in [2.05, 4.69) is 5.32 Å². The van der Waals surface area contributed by atoms with Gasteiger partial charge in [0.05, 0.1) is 27.9 Å². The minimum Gasteiger partial charge on any atom is -0.493 e. The topological polar surface area (TPSA) is 90.2 Å². The molecule has 0 atom stereocenters. The molecule has 1 heterocycles. The summed E-state index contributed by atoms with van der Waals surface area (Å²) in [7, 11) is 6.14. The van der Waals surface area contributed by atoms with Gasteiger partial charge in [-0.1, -0.05) is 6.07 Å². The summed E-state index contributed by atoms with van der Waals surface area (Å²) in [6, 6.07) is 7.00. The highest BCUT2D eigenvalue weighted by Gasteiger charge is 2.17. The molecule has 0 aliphatic rings. The number of ether oxygens (including phenoxy) is 3. The van der Waals surface area contributed by atoms with Gasteiger partial charge in [0.2, 0.25) is 0 Å². The van der Waals surface area contributed by atoms with Crippen molar-refractivity contribution in [2.45, 2.75) is 19.9 Å². The van der Waals surface area contributed by atoms with E-state index in [1.165, 1.54) is 12.0 Å². The Hall–Kier alpha value is -3.16. The van der Waals surface area contributed by atoms with Crippen molar-refractivity contribution in [2.75, 3.05) is 34.9 Å². The van der Waals surface area contributed by atoms with Crippen LogP contribution in [0.1, 0.15) is 27.4 Å². The van der Waals surface area contributed by atoms with Crippen molar-refractivity contribution in [3.63, 3.8) is 0 Å². The van der Waals surface area contributed by atoms with Crippen LogP contribution in [-0.4, -0.2) is 51.8 Å². The first kappa shape index (κ1) is 21.1. The second-order valence-electron chi connectivity index (χ2n) is 6.20. The smallest absolute Gasteiger partial charge is 0.341 e. The van der Waals surface area contributed by atoms with Gasteiger partial charge in [-0.3, -0.25) is 0 Å². The maximum Gasteiger partial charge on any atom is 0.341 e. The van der Waals surface area contributed by atoms with E-state index >= 15 is 0 Å². The van der Waals surface area contributed by atoms with Crippen LogP contribution in [0, 0.1) is 6.92 Å². The largest absolute Gasteiger partial charge is 0.493 e. The highest BCUT2D eigenvalue weighted by molar-refractivity contribution is 5.90. The lowest BCUT2D eigenvalue weighted by molar-refractivity contribution is 0.0598. The van der Waals surface area contributed by atoms with Crippen molar-refractivity contribution < 1.29 is 28.2 Å². The number of rotatable bonds is 8. The molecule has 0 spiro atoms. The van der Waals surface area contributed by atoms with Crippen LogP contribution < -0.4 is 14.8 Å². The molecule has 1 aromatic carbocycles. The zero-order chi connectivity index (χ0) is 20.7. The Bertz CT molecular complexity index is 830. The van der Waals surface area contributed by atoms with Gasteiger partial charge in [0.25, 0.3) is 0 Å². The third-order valence-corrected chi connectivity index (χ3v) is 4.25. The quantitative estimate of drug-likeness (QED) is 0.697. The molecule has 8 nitrogen and oxygen atoms in total. The van der Waals surface area contributed by atoms with Crippen LogP contribution in [0.2, 0.25) is 0 Å². The van der Waals surface area contributed by atoms with E-state index in [-0.39, 0.29) is 12.6 Å². The minimum atomic E-state index is -0.463. The maximum absolute atomic E-state index is 12.3. The summed E-state index contributed by atoms with van der Waals surface area (Å²) in [4.78, 5) is 25.4. The molecule has 28 heavy (non-hydrogen) atoms. The third kappa shape index (κ3) is 5.18. The molecule has 0 saturated heterocycles. The number of methoxy groups -OCH3 is 3. The number of furan rings is 1. The molecule has 2 amide bonds. The molecule has 2 aromatic rings. The molecule has 1 aromatic heterocycles. The van der Waals surface area contributed by atoms with Crippen LogP contribution >= 0.6 is 0 Å². The Kier molecular flexibility index (Phi) is 7.31. The molecule has 152 valence electrons. The second-order valence-corrected chi connectivity index (χ2v) is 6.20. The molecule has 0 aliphatic carbocycles. The Labute approximate surface area is 164 Å². The molecule has 0 saturated carbocycles. The standard InChI is InChI=1S/C20H26N2O6/c1-13-16(19(23)27-5)11-15(28-13)12-22(2)20(24)21-9-8-14-6-7-17(25-3)18(10-14)26-4/h6-7,10-11H,8-9,12H2,1-5H3,(H,21,24). The van der Waals surface area contributed by atoms with Crippen molar-refractivity contribution in [1.29, 1.82) is 0 Å². The van der Waals surface area contributed by atoms with E-state index in [1.807, 2.05) is 18.2 Å². The average molecular weight is 390 g/mol. The van der Waals surface area contributed by atoms with Crippen LogP contribution in [0.4, 0.5) is 4.79 Å². The first-order chi connectivity index (χ1) is 13.4. The number of esters is 1. The van der Waals surface area contributed by atoms with Gasteiger partial charge in [0.15, 0.2) is 11.5 Å². The molecule has 0 radical (unpaired) electrons. The number of nitrogens with one attached hydrogen (secondary N) is 1. The maximum atomic E-state index is 12.3. The Morgan fingerprint density at radius 1 is 1.11 bits per heavy atom. The van der Waals surface area contributed by atoms with Crippen LogP contribution in [0.15, 0.2) is 28.7 Å². The number of nitrogens with zero attached hydrogens (tertiary/aromatic N) is 1. The minimum absolute atomic E-state index is 0.236. The fraction of sp³-hybridized carbons (Fsp3) is 0.400. The number of amides is 2. The summed E-state index contributed by atoms with van der Waals surface area (Å²) < 4.78 is 20.7. The molecule has 8 heteroatoms. The van der Waals surface area contributed by atoms with Gasteiger partial charge in [-0.05, 0) is 37.1 Å². The predicted molar refractivity (Wildman–Crippen MR) is 103 cm³/mol. The number of benzene rings is 1. The Balaban J connectivity index is 1.87. The van der Waals surface area contributed by atoms with Gasteiger partial charge in [-0.2, -0.15) is 0 Å². The second kappa shape index (κ2) is 9.68. The number of carbonyl (C=O) groups excluding carboxylic acids is 2. The lowest BCUT2D eigenvalue weighted by Crippen LogP contribution is -2.37. The van der Waals surface area contributed by atoms with Crippen LogP contribution in [-0.2, 0) is 17.7 Å². The van der Waals surface area contributed by atoms with Gasteiger partial charge >= 0.3 is 12.0 Å². The van der Waals surface area contributed by atoms with E-state index in [1.54, 1.807) is 34.3 Å². The van der Waals surface area contributed by atoms with E-state index < -0.39 is 5.97 Å². The van der Waals surface area contributed by atoms with Crippen LogP contribution in [0.3, 0.4) is 0 Å². The molecule has 1 N–H and O–H groups in total. The summed E-state index contributed by atoms with van der Waals surface area (Å²) in [6.07, 6.45) is 0.645. The highest BCUT2D eigenvalue weighted by Crippen LogP contribution is 2.27. The summed E-state index contributed by atoms with van der Waals surface area (Å²) in [5.41, 5.74) is 1.38. The lowest BCUT2D eigenvalue weighted by Gasteiger charge is -2.17. The monoisotopic (exact) mass is 390 g/mol. The average Bonchev–Trinajstić information content (AvgIpc) is 3.06. The van der Waals surface area contributed by atoms with E-state index in [4.69, 9.17) is 18.6 Å². The zero-order valence-corrected chi connectivity index (χ0v) is 16.8. The SMILES string of the molecule is COC(=O)c1cc(CN(C)C(=O)NCCc2ccc(OC)c(OC)c2)oc1C. The first-order valence-corrected chi connectivity index (χ1v) is 8.77. The van der Waals surface area contributed by atoms with E-state index in [9.17, 15) is 9.59 Å². The fourth-order valence-corrected chi connectivity index (χ4v) is 2.72. The van der Waals surface area contributed by atoms with Gasteiger partial charge in [0.1, 0.15) is 17.1 Å². The number of carbonyl (C=O) groups is 2. The van der Waals surface area contributed by atoms with Gasteiger partial charge in [-0.25, -0.2) is 9.59 Å². The summed E-state index contributed by atoms with van der Waals surface area (Å²) >= 11 is 0. The molecule has 2 rings (SSSR count). The van der Waals surface area contributed by atoms with E-state index in [0.717, 1.165) is 5.56 Å². The first-order valence-electron chi connectivity index (χ1n) is 8.77. The van der Waals surface area contributed by atoms with Gasteiger partial charge < -0.3 is 28.8 Å². The molecular weight excluding hydrogens is 364 g/mol. The van der Waals surface area contributed by atoms with Crippen LogP contribution in [0.5, 0.6) is 11.5 Å². The van der Waals surface area contributed by atoms with Crippen molar-refractivity contribution in [1.82, 2.24) is 10.2 Å². The Morgan fingerprint density at radius 2 is 1.82 bits per heavy atom. The third-order valence-electron chi connectivity index (χ3n) is 4.25. The van der Waals surface area contributed by atoms with Gasteiger partial charge in [-0.15, -0.1) is 0 Å². The Morgan fingerprint density at radius 3 is 2.46 bits per heavy atom. The number of hydrogen-bond donors (Lipinski definition) is 1. The molecule has 0 unspecified atom stereocenters. The summed E-state index contributed by atoms with van der Waals surface area (Å²) in [5.74, 6) is 1.82. The van der Waals surface area contributed by atoms with Crippen molar-refractivity contribution in [2.24, 2.45) is 0 Å². The lowest BCUT2D eigenvalue weighted by atomic mass is 10.1. The van der Waals surface area contributed by atoms with Crippen LogP contribution in [0.25, 0.3) is 0 Å². The summed E-state index contributed by atoms with van der Waals surface area (Å²) in [5, 5.41) is 2.85. The summed E-state index contributed by atoms with van der Waals surface area (Å²) in [6.45, 7) is 2.38. The van der Waals surface area contributed by atoms with Crippen molar-refractivity contribution in [3.8, 4) is 11.5 Å². The molecule has 0 aliphatic heterocycles. The number of urea groups is 1. The highest BCUT2D eigenvalue weighted by atomic mass is 16.5. The molecule has 0 fully saturated rings.